The first kappa shape index (κ1) is 15.3. The summed E-state index contributed by atoms with van der Waals surface area (Å²) in [6.45, 7) is 8.84. The molecule has 1 nitrogen and oxygen atoms in total. The SMILES string of the molecule is CC(C)CC(CC(C)C)Nc1ccc(F)cc1Cl. The zero-order valence-corrected chi connectivity index (χ0v) is 12.4. The Morgan fingerprint density at radius 2 is 1.67 bits per heavy atom. The van der Waals surface area contributed by atoms with Crippen molar-refractivity contribution in [1.29, 1.82) is 0 Å². The third kappa shape index (κ3) is 5.26. The van der Waals surface area contributed by atoms with Crippen molar-refractivity contribution in [2.24, 2.45) is 11.8 Å². The van der Waals surface area contributed by atoms with Gasteiger partial charge >= 0.3 is 0 Å². The summed E-state index contributed by atoms with van der Waals surface area (Å²) in [4.78, 5) is 0. The van der Waals surface area contributed by atoms with Crippen LogP contribution in [0.1, 0.15) is 40.5 Å². The minimum Gasteiger partial charge on any atom is -0.381 e. The minimum absolute atomic E-state index is 0.296. The van der Waals surface area contributed by atoms with Crippen molar-refractivity contribution in [2.75, 3.05) is 5.32 Å². The van der Waals surface area contributed by atoms with Crippen LogP contribution in [0.15, 0.2) is 18.2 Å². The van der Waals surface area contributed by atoms with E-state index in [2.05, 4.69) is 33.0 Å². The Morgan fingerprint density at radius 1 is 1.11 bits per heavy atom. The molecule has 102 valence electrons. The molecule has 0 spiro atoms. The van der Waals surface area contributed by atoms with Crippen molar-refractivity contribution in [3.63, 3.8) is 0 Å². The fourth-order valence-electron chi connectivity index (χ4n) is 2.18. The number of hydrogen-bond acceptors (Lipinski definition) is 1. The van der Waals surface area contributed by atoms with E-state index in [0.29, 0.717) is 22.9 Å². The fraction of sp³-hybridized carbons (Fsp3) is 0.600. The van der Waals surface area contributed by atoms with Crippen LogP contribution in [0, 0.1) is 17.7 Å². The Labute approximate surface area is 115 Å². The van der Waals surface area contributed by atoms with E-state index in [1.54, 1.807) is 6.07 Å². The van der Waals surface area contributed by atoms with Crippen molar-refractivity contribution < 1.29 is 4.39 Å². The highest BCUT2D eigenvalue weighted by molar-refractivity contribution is 6.33. The molecule has 1 rings (SSSR count). The normalized spacial score (nSPS) is 11.6. The number of rotatable bonds is 6. The minimum atomic E-state index is -0.296. The third-order valence-corrected chi connectivity index (χ3v) is 3.12. The highest BCUT2D eigenvalue weighted by Gasteiger charge is 2.14. The highest BCUT2D eigenvalue weighted by atomic mass is 35.5. The van der Waals surface area contributed by atoms with Crippen molar-refractivity contribution in [3.05, 3.63) is 29.0 Å². The number of anilines is 1. The maximum Gasteiger partial charge on any atom is 0.124 e. The van der Waals surface area contributed by atoms with Crippen LogP contribution in [0.2, 0.25) is 5.02 Å². The molecular formula is C15H23ClFN. The van der Waals surface area contributed by atoms with Crippen LogP contribution >= 0.6 is 11.6 Å². The maximum absolute atomic E-state index is 13.0. The van der Waals surface area contributed by atoms with Gasteiger partial charge in [0.2, 0.25) is 0 Å². The fourth-order valence-corrected chi connectivity index (χ4v) is 2.40. The number of halogens is 2. The monoisotopic (exact) mass is 271 g/mol. The lowest BCUT2D eigenvalue weighted by Crippen LogP contribution is -2.23. The molecule has 0 aliphatic carbocycles. The average molecular weight is 272 g/mol. The molecule has 0 aromatic heterocycles. The summed E-state index contributed by atoms with van der Waals surface area (Å²) >= 11 is 6.04. The van der Waals surface area contributed by atoms with Gasteiger partial charge in [0.15, 0.2) is 0 Å². The van der Waals surface area contributed by atoms with Crippen molar-refractivity contribution >= 4 is 17.3 Å². The summed E-state index contributed by atoms with van der Waals surface area (Å²) in [6.07, 6.45) is 2.18. The van der Waals surface area contributed by atoms with Crippen molar-refractivity contribution in [1.82, 2.24) is 0 Å². The standard InChI is InChI=1S/C15H23ClFN/c1-10(2)7-13(8-11(3)4)18-15-6-5-12(17)9-14(15)16/h5-6,9-11,13,18H,7-8H2,1-4H3. The smallest absolute Gasteiger partial charge is 0.124 e. The Kier molecular flexibility index (Phi) is 5.94. The van der Waals surface area contributed by atoms with E-state index >= 15 is 0 Å². The van der Waals surface area contributed by atoms with Crippen molar-refractivity contribution in [3.8, 4) is 0 Å². The van der Waals surface area contributed by atoms with Gasteiger partial charge in [-0.25, -0.2) is 4.39 Å². The van der Waals surface area contributed by atoms with Crippen LogP contribution in [0.3, 0.4) is 0 Å². The molecule has 0 radical (unpaired) electrons. The first-order valence-corrected chi connectivity index (χ1v) is 6.98. The molecule has 1 aromatic carbocycles. The van der Waals surface area contributed by atoms with Gasteiger partial charge in [-0.05, 0) is 42.9 Å². The Bertz CT molecular complexity index is 367. The number of hydrogen-bond donors (Lipinski definition) is 1. The van der Waals surface area contributed by atoms with E-state index in [0.717, 1.165) is 18.5 Å². The van der Waals surface area contributed by atoms with Crippen LogP contribution in [0.4, 0.5) is 10.1 Å². The van der Waals surface area contributed by atoms with Crippen LogP contribution < -0.4 is 5.32 Å². The van der Waals surface area contributed by atoms with Crippen LogP contribution in [-0.4, -0.2) is 6.04 Å². The summed E-state index contributed by atoms with van der Waals surface area (Å²) in [5, 5.41) is 3.89. The van der Waals surface area contributed by atoms with Gasteiger partial charge < -0.3 is 5.32 Å². The van der Waals surface area contributed by atoms with Gasteiger partial charge in [0.1, 0.15) is 5.82 Å². The molecule has 0 aliphatic rings. The van der Waals surface area contributed by atoms with Gasteiger partial charge in [-0.2, -0.15) is 0 Å². The molecular weight excluding hydrogens is 249 g/mol. The van der Waals surface area contributed by atoms with Crippen LogP contribution in [0.5, 0.6) is 0 Å². The Balaban J connectivity index is 2.75. The molecule has 18 heavy (non-hydrogen) atoms. The van der Waals surface area contributed by atoms with Gasteiger partial charge in [0, 0.05) is 6.04 Å². The average Bonchev–Trinajstić information content (AvgIpc) is 2.20. The van der Waals surface area contributed by atoms with E-state index in [9.17, 15) is 4.39 Å². The highest BCUT2D eigenvalue weighted by Crippen LogP contribution is 2.26. The second-order valence-corrected chi connectivity index (χ2v) is 6.13. The molecule has 3 heteroatoms. The lowest BCUT2D eigenvalue weighted by atomic mass is 9.95. The van der Waals surface area contributed by atoms with Crippen LogP contribution in [0.25, 0.3) is 0 Å². The second-order valence-electron chi connectivity index (χ2n) is 5.72. The molecule has 1 N–H and O–H groups in total. The summed E-state index contributed by atoms with van der Waals surface area (Å²) in [5.74, 6) is 0.954. The molecule has 0 saturated heterocycles. The quantitative estimate of drug-likeness (QED) is 0.735. The maximum atomic E-state index is 13.0. The molecule has 0 atom stereocenters. The van der Waals surface area contributed by atoms with Gasteiger partial charge in [-0.15, -0.1) is 0 Å². The molecule has 0 amide bonds. The Hall–Kier alpha value is -0.760. The molecule has 0 bridgehead atoms. The van der Waals surface area contributed by atoms with E-state index in [4.69, 9.17) is 11.6 Å². The molecule has 1 aromatic rings. The van der Waals surface area contributed by atoms with E-state index in [1.165, 1.54) is 12.1 Å². The Morgan fingerprint density at radius 3 is 2.11 bits per heavy atom. The number of benzene rings is 1. The first-order valence-electron chi connectivity index (χ1n) is 6.60. The van der Waals surface area contributed by atoms with Gasteiger partial charge in [-0.3, -0.25) is 0 Å². The molecule has 0 unspecified atom stereocenters. The zero-order valence-electron chi connectivity index (χ0n) is 11.6. The summed E-state index contributed by atoms with van der Waals surface area (Å²) in [5.41, 5.74) is 0.823. The summed E-state index contributed by atoms with van der Waals surface area (Å²) in [6, 6.07) is 4.89. The topological polar surface area (TPSA) is 12.0 Å². The second kappa shape index (κ2) is 6.98. The van der Waals surface area contributed by atoms with Gasteiger partial charge in [-0.1, -0.05) is 39.3 Å². The first-order chi connectivity index (χ1) is 8.38. The molecule has 0 saturated carbocycles. The van der Waals surface area contributed by atoms with E-state index in [-0.39, 0.29) is 5.82 Å². The van der Waals surface area contributed by atoms with Crippen molar-refractivity contribution in [2.45, 2.75) is 46.6 Å². The lowest BCUT2D eigenvalue weighted by molar-refractivity contribution is 0.442. The summed E-state index contributed by atoms with van der Waals surface area (Å²) in [7, 11) is 0. The summed E-state index contributed by atoms with van der Waals surface area (Å²) < 4.78 is 13.0. The molecule has 0 aliphatic heterocycles. The van der Waals surface area contributed by atoms with E-state index in [1.807, 2.05) is 0 Å². The predicted molar refractivity (Wildman–Crippen MR) is 77.7 cm³/mol. The molecule has 0 heterocycles. The third-order valence-electron chi connectivity index (χ3n) is 2.80. The number of nitrogens with one attached hydrogen (secondary N) is 1. The van der Waals surface area contributed by atoms with E-state index < -0.39 is 0 Å². The lowest BCUT2D eigenvalue weighted by Gasteiger charge is -2.24. The molecule has 0 fully saturated rings. The largest absolute Gasteiger partial charge is 0.381 e. The predicted octanol–water partition coefficient (Wildman–Crippen LogP) is 5.35. The van der Waals surface area contributed by atoms with Gasteiger partial charge in [0.25, 0.3) is 0 Å². The van der Waals surface area contributed by atoms with Gasteiger partial charge in [0.05, 0.1) is 10.7 Å². The van der Waals surface area contributed by atoms with Crippen LogP contribution in [-0.2, 0) is 0 Å². The zero-order chi connectivity index (χ0) is 13.7.